The van der Waals surface area contributed by atoms with Gasteiger partial charge in [-0.15, -0.1) is 0 Å². The van der Waals surface area contributed by atoms with Crippen LogP contribution >= 0.6 is 15.9 Å². The second-order valence-corrected chi connectivity index (χ2v) is 5.22. The predicted octanol–water partition coefficient (Wildman–Crippen LogP) is 4.22. The van der Waals surface area contributed by atoms with Crippen molar-refractivity contribution in [2.45, 2.75) is 6.61 Å². The Morgan fingerprint density at radius 1 is 1.05 bits per heavy atom. The summed E-state index contributed by atoms with van der Waals surface area (Å²) in [5.41, 5.74) is 2.11. The highest BCUT2D eigenvalue weighted by Gasteiger charge is 2.02. The third kappa shape index (κ3) is 2.74. The van der Waals surface area contributed by atoms with E-state index in [9.17, 15) is 5.11 Å². The fourth-order valence-corrected chi connectivity index (χ4v) is 2.32. The Labute approximate surface area is 119 Å². The number of hydrogen-bond acceptors (Lipinski definition) is 2. The summed E-state index contributed by atoms with van der Waals surface area (Å²) in [6.45, 7) is 0.469. The number of phenols is 1. The molecule has 3 aromatic rings. The van der Waals surface area contributed by atoms with Crippen LogP contribution in [-0.4, -0.2) is 10.1 Å². The zero-order valence-corrected chi connectivity index (χ0v) is 11.6. The van der Waals surface area contributed by atoms with E-state index >= 15 is 0 Å². The van der Waals surface area contributed by atoms with E-state index in [-0.39, 0.29) is 5.75 Å². The summed E-state index contributed by atoms with van der Waals surface area (Å²) in [6.07, 6.45) is 0. The molecule has 0 spiro atoms. The molecule has 96 valence electrons. The number of aromatic nitrogens is 1. The highest BCUT2D eigenvalue weighted by molar-refractivity contribution is 9.10. The van der Waals surface area contributed by atoms with Gasteiger partial charge in [-0.3, -0.25) is 0 Å². The van der Waals surface area contributed by atoms with Crippen LogP contribution in [0.2, 0.25) is 0 Å². The van der Waals surface area contributed by atoms with Crippen molar-refractivity contribution in [2.75, 3.05) is 0 Å². The van der Waals surface area contributed by atoms with Gasteiger partial charge in [0, 0.05) is 15.4 Å². The van der Waals surface area contributed by atoms with Crippen molar-refractivity contribution in [3.8, 4) is 11.5 Å². The van der Waals surface area contributed by atoms with Crippen LogP contribution in [0.3, 0.4) is 0 Å². The number of fused-ring (bicyclic) bond motifs is 1. The summed E-state index contributed by atoms with van der Waals surface area (Å²) >= 11 is 3.46. The largest absolute Gasteiger partial charge is 0.508 e. The lowest BCUT2D eigenvalue weighted by atomic mass is 10.2. The smallest absolute Gasteiger partial charge is 0.128 e. The minimum absolute atomic E-state index is 0.239. The van der Waals surface area contributed by atoms with E-state index < -0.39 is 0 Å². The van der Waals surface area contributed by atoms with Crippen molar-refractivity contribution in [2.24, 2.45) is 0 Å². The fraction of sp³-hybridized carbons (Fsp3) is 0.0667. The van der Waals surface area contributed by atoms with Gasteiger partial charge < -0.3 is 14.8 Å². The van der Waals surface area contributed by atoms with Crippen LogP contribution in [0.15, 0.2) is 53.0 Å². The molecule has 1 heterocycles. The van der Waals surface area contributed by atoms with Gasteiger partial charge >= 0.3 is 0 Å². The van der Waals surface area contributed by atoms with Crippen LogP contribution < -0.4 is 4.74 Å². The molecule has 0 aliphatic rings. The summed E-state index contributed by atoms with van der Waals surface area (Å²) in [6, 6.07) is 14.9. The number of phenolic OH excluding ortho intramolecular Hbond substituents is 1. The molecule has 3 rings (SSSR count). The molecule has 0 aliphatic carbocycles. The second kappa shape index (κ2) is 4.97. The molecular formula is C15H12BrNO2. The highest BCUT2D eigenvalue weighted by Crippen LogP contribution is 2.22. The standard InChI is InChI=1S/C15H12BrNO2/c16-11-1-6-15-10(7-11)8-12(17-15)9-19-14-4-2-13(18)3-5-14/h1-8,17-18H,9H2. The molecule has 3 nitrogen and oxygen atoms in total. The van der Waals surface area contributed by atoms with Gasteiger partial charge in [-0.25, -0.2) is 0 Å². The minimum Gasteiger partial charge on any atom is -0.508 e. The lowest BCUT2D eigenvalue weighted by Gasteiger charge is -2.04. The van der Waals surface area contributed by atoms with Gasteiger partial charge in [-0.2, -0.15) is 0 Å². The van der Waals surface area contributed by atoms with Gasteiger partial charge in [0.25, 0.3) is 0 Å². The Bertz CT molecular complexity index is 704. The average molecular weight is 318 g/mol. The first-order valence-corrected chi connectivity index (χ1v) is 6.69. The first-order chi connectivity index (χ1) is 9.20. The molecule has 0 radical (unpaired) electrons. The zero-order chi connectivity index (χ0) is 13.2. The van der Waals surface area contributed by atoms with E-state index in [2.05, 4.69) is 33.0 Å². The van der Waals surface area contributed by atoms with Gasteiger partial charge in [0.05, 0.1) is 5.69 Å². The van der Waals surface area contributed by atoms with E-state index in [0.29, 0.717) is 6.61 Å². The number of nitrogens with one attached hydrogen (secondary N) is 1. The first kappa shape index (κ1) is 12.1. The summed E-state index contributed by atoms with van der Waals surface area (Å²) < 4.78 is 6.71. The van der Waals surface area contributed by atoms with Crippen molar-refractivity contribution < 1.29 is 9.84 Å². The Kier molecular flexibility index (Phi) is 3.17. The molecule has 0 saturated carbocycles. The molecule has 1 aromatic heterocycles. The molecule has 0 fully saturated rings. The van der Waals surface area contributed by atoms with Gasteiger partial charge in [0.15, 0.2) is 0 Å². The topological polar surface area (TPSA) is 45.2 Å². The zero-order valence-electron chi connectivity index (χ0n) is 10.1. The maximum atomic E-state index is 9.20. The van der Waals surface area contributed by atoms with Gasteiger partial charge in [0.2, 0.25) is 0 Å². The summed E-state index contributed by atoms with van der Waals surface area (Å²) in [5.74, 6) is 0.973. The lowest BCUT2D eigenvalue weighted by Crippen LogP contribution is -1.94. The van der Waals surface area contributed by atoms with E-state index in [4.69, 9.17) is 4.74 Å². The third-order valence-electron chi connectivity index (χ3n) is 2.87. The summed E-state index contributed by atoms with van der Waals surface area (Å²) in [4.78, 5) is 3.31. The number of aromatic amines is 1. The van der Waals surface area contributed by atoms with Gasteiger partial charge in [-0.1, -0.05) is 15.9 Å². The van der Waals surface area contributed by atoms with Crippen LogP contribution in [0.4, 0.5) is 0 Å². The van der Waals surface area contributed by atoms with E-state index in [0.717, 1.165) is 26.8 Å². The van der Waals surface area contributed by atoms with Gasteiger partial charge in [0.1, 0.15) is 18.1 Å². The highest BCUT2D eigenvalue weighted by atomic mass is 79.9. The molecule has 2 aromatic carbocycles. The van der Waals surface area contributed by atoms with Crippen LogP contribution in [-0.2, 0) is 6.61 Å². The quantitative estimate of drug-likeness (QED) is 0.759. The van der Waals surface area contributed by atoms with E-state index in [1.807, 2.05) is 12.1 Å². The number of ether oxygens (including phenoxy) is 1. The Morgan fingerprint density at radius 2 is 1.84 bits per heavy atom. The van der Waals surface area contributed by atoms with E-state index in [1.165, 1.54) is 0 Å². The molecule has 0 aliphatic heterocycles. The van der Waals surface area contributed by atoms with Crippen molar-refractivity contribution in [3.05, 3.63) is 58.7 Å². The van der Waals surface area contributed by atoms with Crippen molar-refractivity contribution >= 4 is 26.8 Å². The van der Waals surface area contributed by atoms with Crippen LogP contribution in [0.5, 0.6) is 11.5 Å². The molecular weight excluding hydrogens is 306 g/mol. The number of benzene rings is 2. The maximum Gasteiger partial charge on any atom is 0.128 e. The summed E-state index contributed by atoms with van der Waals surface area (Å²) in [7, 11) is 0. The molecule has 0 unspecified atom stereocenters. The first-order valence-electron chi connectivity index (χ1n) is 5.90. The number of hydrogen-bond donors (Lipinski definition) is 2. The Balaban J connectivity index is 1.76. The SMILES string of the molecule is Oc1ccc(OCc2cc3cc(Br)ccc3[nH]2)cc1. The van der Waals surface area contributed by atoms with E-state index in [1.54, 1.807) is 24.3 Å². The molecule has 0 bridgehead atoms. The average Bonchev–Trinajstić information content (AvgIpc) is 2.80. The number of rotatable bonds is 3. The molecule has 19 heavy (non-hydrogen) atoms. The number of H-pyrrole nitrogens is 1. The van der Waals surface area contributed by atoms with Gasteiger partial charge in [-0.05, 0) is 48.5 Å². The molecule has 4 heteroatoms. The maximum absolute atomic E-state index is 9.20. The Hall–Kier alpha value is -1.94. The normalized spacial score (nSPS) is 10.8. The van der Waals surface area contributed by atoms with Crippen LogP contribution in [0.1, 0.15) is 5.69 Å². The molecule has 0 saturated heterocycles. The fourth-order valence-electron chi connectivity index (χ4n) is 1.94. The molecule has 0 amide bonds. The Morgan fingerprint density at radius 3 is 2.63 bits per heavy atom. The molecule has 0 atom stereocenters. The van der Waals surface area contributed by atoms with Crippen LogP contribution in [0, 0.1) is 0 Å². The van der Waals surface area contributed by atoms with Crippen molar-refractivity contribution in [1.29, 1.82) is 0 Å². The minimum atomic E-state index is 0.239. The monoisotopic (exact) mass is 317 g/mol. The predicted molar refractivity (Wildman–Crippen MR) is 78.4 cm³/mol. The number of halogens is 1. The van der Waals surface area contributed by atoms with Crippen LogP contribution in [0.25, 0.3) is 10.9 Å². The third-order valence-corrected chi connectivity index (χ3v) is 3.36. The van der Waals surface area contributed by atoms with Crippen molar-refractivity contribution in [1.82, 2.24) is 4.98 Å². The van der Waals surface area contributed by atoms with Crippen molar-refractivity contribution in [3.63, 3.8) is 0 Å². The summed E-state index contributed by atoms with van der Waals surface area (Å²) in [5, 5.41) is 10.3. The second-order valence-electron chi connectivity index (χ2n) is 4.31. The molecule has 2 N–H and O–H groups in total. The number of aromatic hydroxyl groups is 1. The lowest BCUT2D eigenvalue weighted by molar-refractivity contribution is 0.302.